The fraction of sp³-hybridized carbons (Fsp3) is 0.409. The summed E-state index contributed by atoms with van der Waals surface area (Å²) in [7, 11) is 4.16. The van der Waals surface area contributed by atoms with Gasteiger partial charge in [0.2, 0.25) is 5.91 Å². The minimum Gasteiger partial charge on any atom is -0.309 e. The summed E-state index contributed by atoms with van der Waals surface area (Å²) in [6.07, 6.45) is 2.77. The molecule has 3 aromatic rings. The van der Waals surface area contributed by atoms with E-state index in [-0.39, 0.29) is 5.91 Å². The van der Waals surface area contributed by atoms with E-state index in [4.69, 9.17) is 0 Å². The first-order valence-electron chi connectivity index (χ1n) is 10.4. The van der Waals surface area contributed by atoms with Crippen molar-refractivity contribution in [3.63, 3.8) is 0 Å². The van der Waals surface area contributed by atoms with Crippen molar-refractivity contribution in [3.05, 3.63) is 47.9 Å². The van der Waals surface area contributed by atoms with Crippen LogP contribution in [0.3, 0.4) is 0 Å². The van der Waals surface area contributed by atoms with Crippen LogP contribution in [-0.4, -0.2) is 80.2 Å². The van der Waals surface area contributed by atoms with Gasteiger partial charge in [0.05, 0.1) is 12.2 Å². The van der Waals surface area contributed by atoms with E-state index in [9.17, 15) is 4.79 Å². The summed E-state index contributed by atoms with van der Waals surface area (Å²) in [4.78, 5) is 30.7. The molecule has 4 rings (SSSR count). The van der Waals surface area contributed by atoms with E-state index in [0.29, 0.717) is 35.7 Å². The number of hydrogen-bond acceptors (Lipinski definition) is 7. The van der Waals surface area contributed by atoms with Crippen molar-refractivity contribution >= 4 is 11.7 Å². The Morgan fingerprint density at radius 1 is 1.23 bits per heavy atom. The van der Waals surface area contributed by atoms with E-state index in [0.717, 1.165) is 30.9 Å². The molecule has 0 bridgehead atoms. The SMILES string of the molecule is Cc1cc(C)n(-c2cc(NC(=O)CN3CC[C@@H](N(C)C)C3)nc(-c3ccccn3)n2)n1. The zero-order chi connectivity index (χ0) is 22.0. The molecular formula is C22H28N8O. The lowest BCUT2D eigenvalue weighted by Gasteiger charge is -2.20. The van der Waals surface area contributed by atoms with E-state index >= 15 is 0 Å². The van der Waals surface area contributed by atoms with Gasteiger partial charge in [-0.25, -0.2) is 14.6 Å². The third-order valence-electron chi connectivity index (χ3n) is 5.45. The van der Waals surface area contributed by atoms with Gasteiger partial charge in [-0.2, -0.15) is 5.10 Å². The van der Waals surface area contributed by atoms with Crippen LogP contribution in [0.5, 0.6) is 0 Å². The van der Waals surface area contributed by atoms with Gasteiger partial charge in [-0.1, -0.05) is 6.07 Å². The van der Waals surface area contributed by atoms with Gasteiger partial charge in [0.15, 0.2) is 11.6 Å². The summed E-state index contributed by atoms with van der Waals surface area (Å²) in [5.41, 5.74) is 2.48. The molecule has 0 radical (unpaired) electrons. The molecule has 162 valence electrons. The second-order valence-electron chi connectivity index (χ2n) is 8.18. The van der Waals surface area contributed by atoms with Crippen LogP contribution in [0.15, 0.2) is 36.5 Å². The molecule has 1 N–H and O–H groups in total. The highest BCUT2D eigenvalue weighted by atomic mass is 16.2. The third kappa shape index (κ3) is 4.95. The molecule has 0 unspecified atom stereocenters. The summed E-state index contributed by atoms with van der Waals surface area (Å²) < 4.78 is 1.75. The quantitative estimate of drug-likeness (QED) is 0.651. The van der Waals surface area contributed by atoms with Crippen molar-refractivity contribution in [2.45, 2.75) is 26.3 Å². The summed E-state index contributed by atoms with van der Waals surface area (Å²) in [6.45, 7) is 6.04. The number of nitrogens with one attached hydrogen (secondary N) is 1. The largest absolute Gasteiger partial charge is 0.309 e. The van der Waals surface area contributed by atoms with E-state index in [1.165, 1.54) is 0 Å². The van der Waals surface area contributed by atoms with Gasteiger partial charge in [0.1, 0.15) is 11.5 Å². The van der Waals surface area contributed by atoms with Crippen molar-refractivity contribution in [2.24, 2.45) is 0 Å². The van der Waals surface area contributed by atoms with Crippen LogP contribution in [0.2, 0.25) is 0 Å². The number of anilines is 1. The van der Waals surface area contributed by atoms with Gasteiger partial charge in [-0.15, -0.1) is 0 Å². The van der Waals surface area contributed by atoms with Crippen LogP contribution in [0.1, 0.15) is 17.8 Å². The summed E-state index contributed by atoms with van der Waals surface area (Å²) in [5.74, 6) is 1.37. The number of carbonyl (C=O) groups is 1. The first kappa shape index (κ1) is 21.1. The Morgan fingerprint density at radius 3 is 2.71 bits per heavy atom. The average molecular weight is 421 g/mol. The minimum absolute atomic E-state index is 0.0932. The maximum atomic E-state index is 12.7. The Bertz CT molecular complexity index is 1060. The number of rotatable bonds is 6. The Hall–Kier alpha value is -3.17. The molecule has 0 saturated carbocycles. The van der Waals surface area contributed by atoms with Crippen LogP contribution in [0.4, 0.5) is 5.82 Å². The Balaban J connectivity index is 1.58. The molecule has 31 heavy (non-hydrogen) atoms. The van der Waals surface area contributed by atoms with Crippen LogP contribution in [0.25, 0.3) is 17.3 Å². The highest BCUT2D eigenvalue weighted by Gasteiger charge is 2.25. The lowest BCUT2D eigenvalue weighted by Crippen LogP contribution is -2.35. The number of aromatic nitrogens is 5. The van der Waals surface area contributed by atoms with Crippen LogP contribution in [0, 0.1) is 13.8 Å². The summed E-state index contributed by atoms with van der Waals surface area (Å²) in [6, 6.07) is 9.78. The van der Waals surface area contributed by atoms with Gasteiger partial charge in [-0.3, -0.25) is 14.7 Å². The lowest BCUT2D eigenvalue weighted by atomic mass is 10.2. The van der Waals surface area contributed by atoms with Crippen molar-refractivity contribution in [1.29, 1.82) is 0 Å². The molecular weight excluding hydrogens is 392 g/mol. The summed E-state index contributed by atoms with van der Waals surface area (Å²) in [5, 5.41) is 7.47. The van der Waals surface area contributed by atoms with Gasteiger partial charge < -0.3 is 10.2 Å². The normalized spacial score (nSPS) is 16.7. The zero-order valence-corrected chi connectivity index (χ0v) is 18.4. The molecule has 0 aliphatic carbocycles. The number of nitrogens with zero attached hydrogens (tertiary/aromatic N) is 7. The second-order valence-corrected chi connectivity index (χ2v) is 8.18. The molecule has 0 aromatic carbocycles. The lowest BCUT2D eigenvalue weighted by molar-refractivity contribution is -0.117. The molecule has 1 fully saturated rings. The fourth-order valence-corrected chi connectivity index (χ4v) is 3.84. The van der Waals surface area contributed by atoms with Crippen LogP contribution in [-0.2, 0) is 4.79 Å². The Morgan fingerprint density at radius 2 is 2.06 bits per heavy atom. The fourth-order valence-electron chi connectivity index (χ4n) is 3.84. The third-order valence-corrected chi connectivity index (χ3v) is 5.45. The van der Waals surface area contributed by atoms with E-state index in [1.807, 2.05) is 38.1 Å². The van der Waals surface area contributed by atoms with Gasteiger partial charge in [0.25, 0.3) is 0 Å². The van der Waals surface area contributed by atoms with Crippen molar-refractivity contribution in [1.82, 2.24) is 34.5 Å². The molecule has 9 nitrogen and oxygen atoms in total. The van der Waals surface area contributed by atoms with E-state index in [1.54, 1.807) is 16.9 Å². The number of pyridine rings is 1. The second kappa shape index (κ2) is 8.91. The molecule has 0 spiro atoms. The number of likely N-dealkylation sites (tertiary alicyclic amines) is 1. The molecule has 1 aliphatic rings. The van der Waals surface area contributed by atoms with Crippen molar-refractivity contribution in [3.8, 4) is 17.3 Å². The predicted octanol–water partition coefficient (Wildman–Crippen LogP) is 1.92. The maximum Gasteiger partial charge on any atom is 0.239 e. The average Bonchev–Trinajstić information content (AvgIpc) is 3.34. The number of carbonyl (C=O) groups excluding carboxylic acids is 1. The van der Waals surface area contributed by atoms with Gasteiger partial charge in [-0.05, 0) is 52.6 Å². The molecule has 4 heterocycles. The van der Waals surface area contributed by atoms with Crippen molar-refractivity contribution in [2.75, 3.05) is 39.0 Å². The predicted molar refractivity (Wildman–Crippen MR) is 119 cm³/mol. The molecule has 1 aliphatic heterocycles. The number of likely N-dealkylation sites (N-methyl/N-ethyl adjacent to an activating group) is 1. The monoisotopic (exact) mass is 420 g/mol. The molecule has 1 amide bonds. The molecule has 1 atom stereocenters. The number of aryl methyl sites for hydroxylation is 2. The highest BCUT2D eigenvalue weighted by molar-refractivity contribution is 5.91. The topological polar surface area (TPSA) is 92.1 Å². The van der Waals surface area contributed by atoms with E-state index in [2.05, 4.69) is 49.3 Å². The Kier molecular flexibility index (Phi) is 6.06. The minimum atomic E-state index is -0.0932. The first-order valence-corrected chi connectivity index (χ1v) is 10.4. The first-order chi connectivity index (χ1) is 14.9. The van der Waals surface area contributed by atoms with E-state index < -0.39 is 0 Å². The maximum absolute atomic E-state index is 12.7. The number of amides is 1. The highest BCUT2D eigenvalue weighted by Crippen LogP contribution is 2.20. The number of hydrogen-bond donors (Lipinski definition) is 1. The van der Waals surface area contributed by atoms with Crippen molar-refractivity contribution < 1.29 is 4.79 Å². The summed E-state index contributed by atoms with van der Waals surface area (Å²) >= 11 is 0. The molecule has 9 heteroatoms. The van der Waals surface area contributed by atoms with Crippen LogP contribution >= 0.6 is 0 Å². The molecule has 1 saturated heterocycles. The smallest absolute Gasteiger partial charge is 0.239 e. The molecule has 3 aromatic heterocycles. The zero-order valence-electron chi connectivity index (χ0n) is 18.4. The van der Waals surface area contributed by atoms with Crippen LogP contribution < -0.4 is 5.32 Å². The Labute approximate surface area is 182 Å². The standard InChI is InChI=1S/C22H28N8O/c1-15-11-16(2)30(27-15)20-12-19(25-22(26-20)18-7-5-6-9-23-18)24-21(31)14-29-10-8-17(13-29)28(3)4/h5-7,9,11-12,17H,8,10,13-14H2,1-4H3,(H,24,25,26,31)/t17-/m1/s1. The van der Waals surface area contributed by atoms with Gasteiger partial charge in [0, 0.05) is 37.1 Å². The van der Waals surface area contributed by atoms with Gasteiger partial charge >= 0.3 is 0 Å².